The molecule has 3 aliphatic heterocycles. The van der Waals surface area contributed by atoms with Crippen molar-refractivity contribution >= 4 is 63.6 Å². The quantitative estimate of drug-likeness (QED) is 0.0998. The van der Waals surface area contributed by atoms with Gasteiger partial charge in [-0.1, -0.05) is 49.9 Å². The van der Waals surface area contributed by atoms with Crippen LogP contribution in [0.1, 0.15) is 73.6 Å². The second-order valence-electron chi connectivity index (χ2n) is 16.1. The van der Waals surface area contributed by atoms with Crippen molar-refractivity contribution in [3.05, 3.63) is 83.8 Å². The van der Waals surface area contributed by atoms with Crippen LogP contribution in [0.4, 0.5) is 8.78 Å². The van der Waals surface area contributed by atoms with Crippen LogP contribution in [0, 0.1) is 17.8 Å². The first-order chi connectivity index (χ1) is 27.8. The fourth-order valence-electron chi connectivity index (χ4n) is 8.37. The number of amides is 3. The van der Waals surface area contributed by atoms with Crippen LogP contribution in [-0.2, 0) is 29.1 Å². The normalized spacial score (nSPS) is 24.4. The number of carbonyl (C=O) groups excluding carboxylic acids is 4. The highest BCUT2D eigenvalue weighted by Crippen LogP contribution is 2.66. The Balaban J connectivity index is 0.972. The number of imidazole rings is 1. The van der Waals surface area contributed by atoms with Crippen molar-refractivity contribution in [3.63, 3.8) is 0 Å². The predicted molar refractivity (Wildman–Crippen MR) is 217 cm³/mol. The van der Waals surface area contributed by atoms with Gasteiger partial charge in [-0.15, -0.1) is 11.3 Å². The molecule has 8 rings (SSSR count). The number of fused-ring (bicyclic) bond motifs is 3. The minimum absolute atomic E-state index is 0.0118. The van der Waals surface area contributed by atoms with E-state index in [4.69, 9.17) is 9.05 Å². The Kier molecular flexibility index (Phi) is 11.6. The van der Waals surface area contributed by atoms with Gasteiger partial charge in [-0.25, -0.2) is 9.55 Å². The number of likely N-dealkylation sites (tertiary alicyclic amines) is 1. The molecule has 12 nitrogen and oxygen atoms in total. The number of thiophene rings is 1. The fourth-order valence-corrected chi connectivity index (χ4v) is 11.8. The van der Waals surface area contributed by atoms with Crippen molar-refractivity contribution in [3.8, 4) is 5.75 Å². The summed E-state index contributed by atoms with van der Waals surface area (Å²) in [6.07, 6.45) is 9.24. The summed E-state index contributed by atoms with van der Waals surface area (Å²) < 4.78 is 60.2. The highest BCUT2D eigenvalue weighted by molar-refractivity contribution is 8.13. The van der Waals surface area contributed by atoms with E-state index >= 15 is 8.78 Å². The van der Waals surface area contributed by atoms with E-state index < -0.39 is 43.4 Å². The maximum atomic E-state index is 16.4. The molecular weight excluding hydrogens is 808 g/mol. The molecule has 2 aromatic heterocycles. The second-order valence-corrected chi connectivity index (χ2v) is 20.3. The number of benzene rings is 2. The Morgan fingerprint density at radius 2 is 1.81 bits per heavy atom. The molecular formula is C41H46F2N5O7PS2. The van der Waals surface area contributed by atoms with Crippen LogP contribution in [-0.4, -0.2) is 85.8 Å². The summed E-state index contributed by atoms with van der Waals surface area (Å²) in [7, 11) is -5.23. The molecule has 1 aliphatic carbocycles. The SMILES string of the molecule is CC(C)CC(=O)SCCOP(=O)(Oc1ccccc1)C(F)(F)c1ccc2sc(C(=O)N[C@H]3C[C@H]4C[C@H]4C[C@H]4CC[C@@H](C(=O)N5CC(n6ccnc6)C5)N4C3=O)cc2c1. The van der Waals surface area contributed by atoms with Gasteiger partial charge in [-0.05, 0) is 85.6 Å². The van der Waals surface area contributed by atoms with E-state index in [1.54, 1.807) is 40.5 Å². The molecule has 17 heteroatoms. The van der Waals surface area contributed by atoms with Crippen molar-refractivity contribution in [2.45, 2.75) is 82.2 Å². The first-order valence-corrected chi connectivity index (χ1v) is 23.1. The van der Waals surface area contributed by atoms with Crippen LogP contribution in [0.25, 0.3) is 10.1 Å². The first kappa shape index (κ1) is 40.7. The average molecular weight is 854 g/mol. The summed E-state index contributed by atoms with van der Waals surface area (Å²) in [5.41, 5.74) is -4.74. The van der Waals surface area contributed by atoms with Crippen LogP contribution >= 0.6 is 30.7 Å². The molecule has 0 radical (unpaired) electrons. The number of hydrogen-bond acceptors (Lipinski definition) is 10. The Morgan fingerprint density at radius 3 is 2.55 bits per heavy atom. The summed E-state index contributed by atoms with van der Waals surface area (Å²) in [6.45, 7) is 4.47. The van der Waals surface area contributed by atoms with Crippen LogP contribution in [0.2, 0.25) is 0 Å². The number of alkyl halides is 2. The van der Waals surface area contributed by atoms with Crippen molar-refractivity contribution in [1.29, 1.82) is 0 Å². The number of thioether (sulfide) groups is 1. The number of carbonyl (C=O) groups is 4. The molecule has 0 bridgehead atoms. The largest absolute Gasteiger partial charge is 0.453 e. The molecule has 3 amide bonds. The maximum Gasteiger partial charge on any atom is 0.453 e. The number of rotatable bonds is 14. The minimum atomic E-state index is -5.23. The molecule has 308 valence electrons. The highest BCUT2D eigenvalue weighted by Gasteiger charge is 2.57. The zero-order chi connectivity index (χ0) is 40.8. The number of halogens is 2. The van der Waals surface area contributed by atoms with Gasteiger partial charge in [0, 0.05) is 54.0 Å². The number of para-hydroxylation sites is 1. The zero-order valence-electron chi connectivity index (χ0n) is 32.2. The van der Waals surface area contributed by atoms with Gasteiger partial charge in [0.15, 0.2) is 5.12 Å². The van der Waals surface area contributed by atoms with E-state index in [0.29, 0.717) is 54.3 Å². The van der Waals surface area contributed by atoms with Gasteiger partial charge < -0.3 is 24.2 Å². The zero-order valence-corrected chi connectivity index (χ0v) is 34.7. The predicted octanol–water partition coefficient (Wildman–Crippen LogP) is 7.71. The molecule has 4 fully saturated rings. The number of hydrogen-bond donors (Lipinski definition) is 1. The van der Waals surface area contributed by atoms with Crippen LogP contribution in [0.3, 0.4) is 0 Å². The average Bonchev–Trinajstić information content (AvgIpc) is 3.56. The van der Waals surface area contributed by atoms with E-state index in [9.17, 15) is 23.7 Å². The van der Waals surface area contributed by atoms with E-state index in [1.165, 1.54) is 30.3 Å². The van der Waals surface area contributed by atoms with E-state index in [1.807, 2.05) is 24.6 Å². The third kappa shape index (κ3) is 8.35. The lowest BCUT2D eigenvalue weighted by molar-refractivity contribution is -0.150. The Bertz CT molecular complexity index is 2220. The van der Waals surface area contributed by atoms with Gasteiger partial charge in [0.1, 0.15) is 17.8 Å². The third-order valence-corrected chi connectivity index (χ3v) is 15.4. The lowest BCUT2D eigenvalue weighted by Gasteiger charge is -2.43. The van der Waals surface area contributed by atoms with E-state index in [-0.39, 0.29) is 51.3 Å². The molecule has 4 aliphatic rings. The minimum Gasteiger partial charge on any atom is -0.420 e. The summed E-state index contributed by atoms with van der Waals surface area (Å²) in [6, 6.07) is 11.5. The van der Waals surface area contributed by atoms with Crippen LogP contribution < -0.4 is 9.84 Å². The summed E-state index contributed by atoms with van der Waals surface area (Å²) in [5.74, 6) is -0.0233. The Labute approximate surface area is 343 Å². The molecule has 4 aromatic rings. The van der Waals surface area contributed by atoms with Gasteiger partial charge in [-0.2, -0.15) is 8.78 Å². The molecule has 3 saturated heterocycles. The summed E-state index contributed by atoms with van der Waals surface area (Å²) in [4.78, 5) is 62.0. The summed E-state index contributed by atoms with van der Waals surface area (Å²) >= 11 is 2.02. The van der Waals surface area contributed by atoms with Crippen LogP contribution in [0.15, 0.2) is 73.3 Å². The van der Waals surface area contributed by atoms with Crippen molar-refractivity contribution in [2.24, 2.45) is 17.8 Å². The Hall–Kier alpha value is -4.11. The molecule has 5 heterocycles. The van der Waals surface area contributed by atoms with Crippen molar-refractivity contribution < 1.29 is 41.6 Å². The molecule has 1 saturated carbocycles. The molecule has 58 heavy (non-hydrogen) atoms. The van der Waals surface area contributed by atoms with Gasteiger partial charge >= 0.3 is 13.3 Å². The highest BCUT2D eigenvalue weighted by atomic mass is 32.2. The molecule has 1 unspecified atom stereocenters. The molecule has 6 atom stereocenters. The first-order valence-electron chi connectivity index (χ1n) is 19.8. The number of aromatic nitrogens is 2. The molecule has 0 spiro atoms. The van der Waals surface area contributed by atoms with Gasteiger partial charge in [0.05, 0.1) is 23.9 Å². The maximum absolute atomic E-state index is 16.4. The molecule has 1 N–H and O–H groups in total. The van der Waals surface area contributed by atoms with E-state index in [2.05, 4.69) is 10.3 Å². The fraction of sp³-hybridized carbons (Fsp3) is 0.488. The standard InChI is InChI=1S/C41H46F2N5O7PS2/c1-25(2)16-37(49)57-15-14-54-56(53,55-32-6-4-3-5-7-32)41(42,43)29-8-11-35-28(18-29)21-36(58-35)38(50)45-33-20-27-17-26(27)19-30-9-10-34(48(30)39(33)51)40(52)47-22-31(23-47)46-13-12-44-24-46/h3-8,11-13,18,21,24-27,30-31,33-34H,9-10,14-17,19-20,22-23H2,1-2H3,(H,45,50)/t26-,27+,30+,33-,34-,56?/m0/s1. The lowest BCUT2D eigenvalue weighted by atomic mass is 9.98. The number of nitrogens with one attached hydrogen (secondary N) is 1. The summed E-state index contributed by atoms with van der Waals surface area (Å²) in [5, 5.41) is 3.15. The van der Waals surface area contributed by atoms with Gasteiger partial charge in [0.25, 0.3) is 5.91 Å². The number of nitrogens with zero attached hydrogens (tertiary/aromatic N) is 4. The Morgan fingerprint density at radius 1 is 1.03 bits per heavy atom. The van der Waals surface area contributed by atoms with Crippen LogP contribution in [0.5, 0.6) is 5.75 Å². The smallest absolute Gasteiger partial charge is 0.420 e. The topological polar surface area (TPSA) is 140 Å². The monoisotopic (exact) mass is 853 g/mol. The molecule has 2 aromatic carbocycles. The second kappa shape index (κ2) is 16.5. The lowest BCUT2D eigenvalue weighted by Crippen LogP contribution is -2.60. The van der Waals surface area contributed by atoms with Gasteiger partial charge in [-0.3, -0.25) is 23.7 Å². The van der Waals surface area contributed by atoms with Crippen molar-refractivity contribution in [2.75, 3.05) is 25.4 Å². The van der Waals surface area contributed by atoms with Gasteiger partial charge in [0.2, 0.25) is 11.8 Å². The van der Waals surface area contributed by atoms with Crippen molar-refractivity contribution in [1.82, 2.24) is 24.7 Å². The van der Waals surface area contributed by atoms with E-state index in [0.717, 1.165) is 48.4 Å². The third-order valence-electron chi connectivity index (χ3n) is 11.5.